The van der Waals surface area contributed by atoms with Crippen LogP contribution < -0.4 is 10.5 Å². The van der Waals surface area contributed by atoms with E-state index in [1.165, 1.54) is 24.0 Å². The summed E-state index contributed by atoms with van der Waals surface area (Å²) < 4.78 is 5.80. The molecule has 1 aromatic carbocycles. The molecule has 0 saturated carbocycles. The molecule has 0 aliphatic carbocycles. The van der Waals surface area contributed by atoms with Crippen molar-refractivity contribution >= 4 is 0 Å². The molecule has 0 unspecified atom stereocenters. The molecule has 0 heterocycles. The van der Waals surface area contributed by atoms with Crippen molar-refractivity contribution in [3.63, 3.8) is 0 Å². The van der Waals surface area contributed by atoms with Gasteiger partial charge < -0.3 is 10.5 Å². The van der Waals surface area contributed by atoms with Crippen molar-refractivity contribution in [3.05, 3.63) is 29.3 Å². The molecule has 2 heteroatoms. The van der Waals surface area contributed by atoms with Crippen LogP contribution in [-0.4, -0.2) is 13.2 Å². The number of nitrogens with two attached hydrogens (primary N) is 1. The highest BCUT2D eigenvalue weighted by Crippen LogP contribution is 2.19. The molecule has 0 spiro atoms. The molecular weight excluding hydrogens is 222 g/mol. The fraction of sp³-hybridized carbons (Fsp3) is 0.625. The van der Waals surface area contributed by atoms with Crippen LogP contribution in [0, 0.1) is 0 Å². The van der Waals surface area contributed by atoms with Crippen LogP contribution in [0.3, 0.4) is 0 Å². The van der Waals surface area contributed by atoms with E-state index in [-0.39, 0.29) is 0 Å². The molecule has 0 atom stereocenters. The number of hydrogen-bond donors (Lipinski definition) is 1. The zero-order valence-corrected chi connectivity index (χ0v) is 11.9. The van der Waals surface area contributed by atoms with E-state index in [4.69, 9.17) is 10.5 Å². The molecule has 0 fully saturated rings. The third-order valence-electron chi connectivity index (χ3n) is 3.31. The molecule has 2 N–H and O–H groups in total. The average Bonchev–Trinajstić information content (AvgIpc) is 2.42. The van der Waals surface area contributed by atoms with Gasteiger partial charge in [0, 0.05) is 0 Å². The van der Waals surface area contributed by atoms with Crippen LogP contribution in [0.15, 0.2) is 18.2 Å². The molecule has 1 aromatic rings. The van der Waals surface area contributed by atoms with Crippen LogP contribution in [0.1, 0.15) is 50.7 Å². The molecule has 18 heavy (non-hydrogen) atoms. The molecule has 0 amide bonds. The van der Waals surface area contributed by atoms with E-state index >= 15 is 0 Å². The van der Waals surface area contributed by atoms with E-state index in [0.717, 1.165) is 44.6 Å². The first kappa shape index (κ1) is 15.0. The minimum absolute atomic E-state index is 0.805. The summed E-state index contributed by atoms with van der Waals surface area (Å²) in [6, 6.07) is 6.49. The summed E-state index contributed by atoms with van der Waals surface area (Å²) in [7, 11) is 0. The molecule has 2 nitrogen and oxygen atoms in total. The van der Waals surface area contributed by atoms with Crippen LogP contribution in [0.5, 0.6) is 5.75 Å². The number of unbranched alkanes of at least 4 members (excludes halogenated alkanes) is 3. The van der Waals surface area contributed by atoms with Gasteiger partial charge in [-0.25, -0.2) is 0 Å². The number of rotatable bonds is 9. The van der Waals surface area contributed by atoms with E-state index in [2.05, 4.69) is 32.0 Å². The highest BCUT2D eigenvalue weighted by Gasteiger charge is 2.01. The van der Waals surface area contributed by atoms with Gasteiger partial charge in [0.05, 0.1) is 6.61 Å². The van der Waals surface area contributed by atoms with Gasteiger partial charge in [0.2, 0.25) is 0 Å². The Kier molecular flexibility index (Phi) is 7.51. The minimum Gasteiger partial charge on any atom is -0.494 e. The van der Waals surface area contributed by atoms with Crippen molar-refractivity contribution in [1.29, 1.82) is 0 Å². The third-order valence-corrected chi connectivity index (χ3v) is 3.31. The summed E-state index contributed by atoms with van der Waals surface area (Å²) in [4.78, 5) is 0. The van der Waals surface area contributed by atoms with E-state index in [0.29, 0.717) is 0 Å². The lowest BCUT2D eigenvalue weighted by molar-refractivity contribution is 0.304. The zero-order valence-electron chi connectivity index (χ0n) is 11.9. The lowest BCUT2D eigenvalue weighted by atomic mass is 10.0. The normalized spacial score (nSPS) is 10.6. The second-order valence-electron chi connectivity index (χ2n) is 4.69. The monoisotopic (exact) mass is 249 g/mol. The third kappa shape index (κ3) is 5.09. The Morgan fingerprint density at radius 2 is 1.67 bits per heavy atom. The summed E-state index contributed by atoms with van der Waals surface area (Å²) in [5.41, 5.74) is 8.32. The van der Waals surface area contributed by atoms with E-state index in [9.17, 15) is 0 Å². The Morgan fingerprint density at radius 1 is 0.944 bits per heavy atom. The Labute approximate surface area is 112 Å². The van der Waals surface area contributed by atoms with Crippen molar-refractivity contribution in [2.45, 2.75) is 52.4 Å². The first-order chi connectivity index (χ1) is 8.81. The van der Waals surface area contributed by atoms with Crippen LogP contribution in [0.4, 0.5) is 0 Å². The van der Waals surface area contributed by atoms with Crippen LogP contribution in [0.2, 0.25) is 0 Å². The molecule has 0 aromatic heterocycles. The maximum Gasteiger partial charge on any atom is 0.119 e. The fourth-order valence-corrected chi connectivity index (χ4v) is 2.16. The maximum atomic E-state index is 5.80. The second kappa shape index (κ2) is 8.98. The van der Waals surface area contributed by atoms with Crippen LogP contribution >= 0.6 is 0 Å². The first-order valence-corrected chi connectivity index (χ1v) is 7.26. The highest BCUT2D eigenvalue weighted by molar-refractivity contribution is 5.35. The smallest absolute Gasteiger partial charge is 0.119 e. The average molecular weight is 249 g/mol. The van der Waals surface area contributed by atoms with E-state index in [1.807, 2.05) is 0 Å². The van der Waals surface area contributed by atoms with Crippen molar-refractivity contribution in [2.75, 3.05) is 13.2 Å². The van der Waals surface area contributed by atoms with Gasteiger partial charge in [0.15, 0.2) is 0 Å². The lowest BCUT2D eigenvalue weighted by Gasteiger charge is -2.10. The van der Waals surface area contributed by atoms with Crippen molar-refractivity contribution in [2.24, 2.45) is 5.73 Å². The standard InChI is InChI=1S/C16H27NO/c1-3-14-9-10-16(13-15(14)4-2)18-12-8-6-5-7-11-17/h9-10,13H,3-8,11-12,17H2,1-2H3. The molecular formula is C16H27NO. The zero-order chi connectivity index (χ0) is 13.2. The largest absolute Gasteiger partial charge is 0.494 e. The summed E-state index contributed by atoms with van der Waals surface area (Å²) in [5, 5.41) is 0. The fourth-order valence-electron chi connectivity index (χ4n) is 2.16. The van der Waals surface area contributed by atoms with Gasteiger partial charge in [-0.2, -0.15) is 0 Å². The van der Waals surface area contributed by atoms with E-state index < -0.39 is 0 Å². The van der Waals surface area contributed by atoms with Gasteiger partial charge in [-0.15, -0.1) is 0 Å². The summed E-state index contributed by atoms with van der Waals surface area (Å²) in [5.74, 6) is 1.02. The molecule has 0 radical (unpaired) electrons. The van der Waals surface area contributed by atoms with Crippen molar-refractivity contribution in [3.8, 4) is 5.75 Å². The number of hydrogen-bond acceptors (Lipinski definition) is 2. The van der Waals surface area contributed by atoms with Crippen molar-refractivity contribution in [1.82, 2.24) is 0 Å². The van der Waals surface area contributed by atoms with Gasteiger partial charge in [-0.05, 0) is 55.5 Å². The molecule has 102 valence electrons. The van der Waals surface area contributed by atoms with Gasteiger partial charge >= 0.3 is 0 Å². The van der Waals surface area contributed by atoms with Crippen molar-refractivity contribution < 1.29 is 4.74 Å². The SMILES string of the molecule is CCc1ccc(OCCCCCCN)cc1CC. The first-order valence-electron chi connectivity index (χ1n) is 7.26. The van der Waals surface area contributed by atoms with Gasteiger partial charge in [0.25, 0.3) is 0 Å². The molecule has 0 saturated heterocycles. The quantitative estimate of drug-likeness (QED) is 0.677. The molecule has 0 bridgehead atoms. The number of benzene rings is 1. The second-order valence-corrected chi connectivity index (χ2v) is 4.69. The Bertz CT molecular complexity index is 336. The topological polar surface area (TPSA) is 35.2 Å². The molecule has 1 rings (SSSR count). The minimum atomic E-state index is 0.805. The number of aryl methyl sites for hydroxylation is 2. The Balaban J connectivity index is 2.34. The predicted octanol–water partition coefficient (Wildman–Crippen LogP) is 3.71. The highest BCUT2D eigenvalue weighted by atomic mass is 16.5. The summed E-state index contributed by atoms with van der Waals surface area (Å²) in [6.45, 7) is 6.02. The van der Waals surface area contributed by atoms with Crippen LogP contribution in [0.25, 0.3) is 0 Å². The Morgan fingerprint density at radius 3 is 2.33 bits per heavy atom. The lowest BCUT2D eigenvalue weighted by Crippen LogP contribution is -2.01. The Hall–Kier alpha value is -1.02. The van der Waals surface area contributed by atoms with Gasteiger partial charge in [-0.1, -0.05) is 32.8 Å². The molecule has 0 aliphatic heterocycles. The summed E-state index contributed by atoms with van der Waals surface area (Å²) in [6.07, 6.45) is 6.86. The predicted molar refractivity (Wildman–Crippen MR) is 78.2 cm³/mol. The maximum absolute atomic E-state index is 5.80. The van der Waals surface area contributed by atoms with Gasteiger partial charge in [-0.3, -0.25) is 0 Å². The molecule has 0 aliphatic rings. The van der Waals surface area contributed by atoms with E-state index in [1.54, 1.807) is 0 Å². The van der Waals surface area contributed by atoms with Crippen LogP contribution in [-0.2, 0) is 12.8 Å². The number of ether oxygens (including phenoxy) is 1. The van der Waals surface area contributed by atoms with Gasteiger partial charge in [0.1, 0.15) is 5.75 Å². The summed E-state index contributed by atoms with van der Waals surface area (Å²) >= 11 is 0.